The molecule has 3 fully saturated rings. The summed E-state index contributed by atoms with van der Waals surface area (Å²) >= 11 is 0. The van der Waals surface area contributed by atoms with Crippen LogP contribution in [0.1, 0.15) is 0 Å². The van der Waals surface area contributed by atoms with E-state index in [1.54, 1.807) is 0 Å². The Morgan fingerprint density at radius 3 is 1.29 bits per heavy atom. The molecule has 0 aromatic rings. The first-order valence-corrected chi connectivity index (χ1v) is 5.71. The number of hydrogen-bond donors (Lipinski definition) is 0. The topological polar surface area (TPSA) is 13.0 Å². The SMILES string of the molecule is C#CN1CCN2CCN(C#C)C1N(C#C)CC2. The second-order valence-electron chi connectivity index (χ2n) is 4.16. The Labute approximate surface area is 103 Å². The Bertz CT molecular complexity index is 335. The summed E-state index contributed by atoms with van der Waals surface area (Å²) < 4.78 is 0. The van der Waals surface area contributed by atoms with Gasteiger partial charge in [0.2, 0.25) is 6.29 Å². The van der Waals surface area contributed by atoms with Crippen molar-refractivity contribution in [2.75, 3.05) is 39.3 Å². The number of fused-ring (bicyclic) bond motifs is 6. The van der Waals surface area contributed by atoms with Crippen LogP contribution in [0.15, 0.2) is 0 Å². The van der Waals surface area contributed by atoms with E-state index >= 15 is 0 Å². The first-order chi connectivity index (χ1) is 8.30. The first-order valence-electron chi connectivity index (χ1n) is 5.71. The van der Waals surface area contributed by atoms with Crippen LogP contribution in [0.5, 0.6) is 0 Å². The molecule has 0 atom stereocenters. The van der Waals surface area contributed by atoms with Gasteiger partial charge in [0.25, 0.3) is 0 Å². The molecule has 0 radical (unpaired) electrons. The Hall–Kier alpha value is -1.96. The summed E-state index contributed by atoms with van der Waals surface area (Å²) in [6.45, 7) is 5.28. The molecule has 0 aromatic heterocycles. The third-order valence-electron chi connectivity index (χ3n) is 3.31. The van der Waals surface area contributed by atoms with Crippen LogP contribution in [0.25, 0.3) is 0 Å². The summed E-state index contributed by atoms with van der Waals surface area (Å²) in [6, 6.07) is 8.06. The monoisotopic (exact) mass is 228 g/mol. The third-order valence-corrected chi connectivity index (χ3v) is 3.31. The fraction of sp³-hybridized carbons (Fsp3) is 0.538. The molecule has 0 aliphatic carbocycles. The van der Waals surface area contributed by atoms with Crippen LogP contribution in [0.3, 0.4) is 0 Å². The van der Waals surface area contributed by atoms with Crippen LogP contribution < -0.4 is 0 Å². The first kappa shape index (κ1) is 11.5. The van der Waals surface area contributed by atoms with E-state index in [0.717, 1.165) is 39.3 Å². The van der Waals surface area contributed by atoms with Crippen molar-refractivity contribution in [3.63, 3.8) is 0 Å². The highest BCUT2D eigenvalue weighted by Crippen LogP contribution is 2.15. The minimum Gasteiger partial charge on any atom is -0.298 e. The molecule has 88 valence electrons. The summed E-state index contributed by atoms with van der Waals surface area (Å²) in [7, 11) is 0. The summed E-state index contributed by atoms with van der Waals surface area (Å²) in [6.07, 6.45) is 16.5. The molecule has 2 bridgehead atoms. The number of terminal acetylenes is 3. The van der Waals surface area contributed by atoms with Gasteiger partial charge in [-0.15, -0.1) is 0 Å². The summed E-state index contributed by atoms with van der Waals surface area (Å²) in [5.74, 6) is 0. The molecule has 3 aliphatic heterocycles. The van der Waals surface area contributed by atoms with Crippen molar-refractivity contribution in [2.24, 2.45) is 0 Å². The highest BCUT2D eigenvalue weighted by atomic mass is 15.5. The molecule has 17 heavy (non-hydrogen) atoms. The van der Waals surface area contributed by atoms with E-state index in [4.69, 9.17) is 19.3 Å². The molecule has 3 heterocycles. The standard InChI is InChI=1S/C13H16N4/c1-4-15-10-7-14-8-11-16(5-2)13(15)17(6-3)12-9-14/h1-3,13H,7-12H2. The van der Waals surface area contributed by atoms with Gasteiger partial charge in [0.15, 0.2) is 0 Å². The fourth-order valence-corrected chi connectivity index (χ4v) is 2.33. The predicted molar refractivity (Wildman–Crippen MR) is 66.8 cm³/mol. The molecule has 0 aromatic carbocycles. The molecule has 0 amide bonds. The highest BCUT2D eigenvalue weighted by molar-refractivity contribution is 5.03. The molecule has 0 saturated carbocycles. The van der Waals surface area contributed by atoms with Crippen molar-refractivity contribution in [1.29, 1.82) is 0 Å². The van der Waals surface area contributed by atoms with Crippen molar-refractivity contribution in [1.82, 2.24) is 19.6 Å². The zero-order chi connectivity index (χ0) is 12.3. The smallest absolute Gasteiger partial charge is 0.201 e. The van der Waals surface area contributed by atoms with E-state index in [0.29, 0.717) is 0 Å². The molecule has 0 unspecified atom stereocenters. The average Bonchev–Trinajstić information content (AvgIpc) is 2.29. The van der Waals surface area contributed by atoms with Crippen molar-refractivity contribution in [3.8, 4) is 37.4 Å². The van der Waals surface area contributed by atoms with E-state index in [1.165, 1.54) is 0 Å². The van der Waals surface area contributed by atoms with Gasteiger partial charge in [-0.2, -0.15) is 0 Å². The van der Waals surface area contributed by atoms with Crippen LogP contribution in [-0.2, 0) is 0 Å². The van der Waals surface area contributed by atoms with Gasteiger partial charge in [0, 0.05) is 57.4 Å². The van der Waals surface area contributed by atoms with Gasteiger partial charge >= 0.3 is 0 Å². The largest absolute Gasteiger partial charge is 0.298 e. The third kappa shape index (κ3) is 2.11. The molecule has 0 N–H and O–H groups in total. The van der Waals surface area contributed by atoms with Gasteiger partial charge in [0.05, 0.1) is 0 Å². The lowest BCUT2D eigenvalue weighted by molar-refractivity contribution is -0.0265. The average molecular weight is 228 g/mol. The number of nitrogens with zero attached hydrogens (tertiary/aromatic N) is 4. The second-order valence-corrected chi connectivity index (χ2v) is 4.16. The van der Waals surface area contributed by atoms with Gasteiger partial charge in [0.1, 0.15) is 0 Å². The van der Waals surface area contributed by atoms with Crippen molar-refractivity contribution in [2.45, 2.75) is 6.29 Å². The summed E-state index contributed by atoms with van der Waals surface area (Å²) in [5, 5.41) is 0. The van der Waals surface area contributed by atoms with Gasteiger partial charge in [-0.3, -0.25) is 19.6 Å². The maximum atomic E-state index is 5.56. The van der Waals surface area contributed by atoms with E-state index in [1.807, 2.05) is 14.7 Å². The van der Waals surface area contributed by atoms with Crippen LogP contribution in [0.2, 0.25) is 0 Å². The van der Waals surface area contributed by atoms with Crippen LogP contribution in [-0.4, -0.2) is 65.2 Å². The van der Waals surface area contributed by atoms with E-state index < -0.39 is 0 Å². The normalized spacial score (nSPS) is 28.4. The van der Waals surface area contributed by atoms with Crippen molar-refractivity contribution >= 4 is 0 Å². The molecule has 4 heteroatoms. The highest BCUT2D eigenvalue weighted by Gasteiger charge is 2.32. The molecule has 3 saturated heterocycles. The van der Waals surface area contributed by atoms with Gasteiger partial charge in [-0.25, -0.2) is 0 Å². The van der Waals surface area contributed by atoms with Crippen molar-refractivity contribution in [3.05, 3.63) is 0 Å². The van der Waals surface area contributed by atoms with Gasteiger partial charge < -0.3 is 0 Å². The predicted octanol–water partition coefficient (Wildman–Crippen LogP) is -0.723. The second kappa shape index (κ2) is 4.91. The molecule has 3 aliphatic rings. The zero-order valence-electron chi connectivity index (χ0n) is 9.84. The Morgan fingerprint density at radius 1 is 0.647 bits per heavy atom. The Morgan fingerprint density at radius 2 is 1.00 bits per heavy atom. The molecular weight excluding hydrogens is 212 g/mol. The number of rotatable bonds is 0. The van der Waals surface area contributed by atoms with Crippen LogP contribution in [0, 0.1) is 37.4 Å². The quantitative estimate of drug-likeness (QED) is 0.507. The number of hydrogen-bond acceptors (Lipinski definition) is 4. The minimum atomic E-state index is -0.169. The summed E-state index contributed by atoms with van der Waals surface area (Å²) in [5.41, 5.74) is 0. The van der Waals surface area contributed by atoms with Crippen LogP contribution >= 0.6 is 0 Å². The van der Waals surface area contributed by atoms with Gasteiger partial charge in [-0.05, 0) is 0 Å². The zero-order valence-corrected chi connectivity index (χ0v) is 9.84. The lowest BCUT2D eigenvalue weighted by atomic mass is 10.3. The maximum absolute atomic E-state index is 5.56. The Balaban J connectivity index is 2.34. The lowest BCUT2D eigenvalue weighted by Gasteiger charge is -2.47. The van der Waals surface area contributed by atoms with Crippen molar-refractivity contribution < 1.29 is 0 Å². The molecular formula is C13H16N4. The molecule has 3 rings (SSSR count). The minimum absolute atomic E-state index is 0.169. The maximum Gasteiger partial charge on any atom is 0.201 e. The molecule has 0 spiro atoms. The summed E-state index contributed by atoms with van der Waals surface area (Å²) in [4.78, 5) is 7.98. The van der Waals surface area contributed by atoms with Crippen LogP contribution in [0.4, 0.5) is 0 Å². The van der Waals surface area contributed by atoms with Gasteiger partial charge in [-0.1, -0.05) is 19.3 Å². The lowest BCUT2D eigenvalue weighted by Crippen LogP contribution is -2.62. The Kier molecular flexibility index (Phi) is 3.33. The molecule has 4 nitrogen and oxygen atoms in total. The van der Waals surface area contributed by atoms with E-state index in [2.05, 4.69) is 23.0 Å². The van der Waals surface area contributed by atoms with E-state index in [-0.39, 0.29) is 6.29 Å². The van der Waals surface area contributed by atoms with E-state index in [9.17, 15) is 0 Å². The fourth-order valence-electron chi connectivity index (χ4n) is 2.33.